The summed E-state index contributed by atoms with van der Waals surface area (Å²) in [5.41, 5.74) is 8.75. The van der Waals surface area contributed by atoms with Gasteiger partial charge in [-0.25, -0.2) is 0 Å². The second-order valence-electron chi connectivity index (χ2n) is 10.4. The Labute approximate surface area is 224 Å². The Morgan fingerprint density at radius 2 is 1.68 bits per heavy atom. The third kappa shape index (κ3) is 5.20. The Bertz CT molecular complexity index is 1440. The molecule has 2 N–H and O–H groups in total. The van der Waals surface area contributed by atoms with E-state index in [2.05, 4.69) is 72.7 Å². The number of aromatic amines is 1. The van der Waals surface area contributed by atoms with Crippen LogP contribution >= 0.6 is 0 Å². The SMILES string of the molecule is C=C(Nc1ccc(C(=C)N2CCCC2)nc1)c1n[nH]c2ccc(-c3cncc(CN4CCCCC4)c3)cc12. The summed E-state index contributed by atoms with van der Waals surface area (Å²) in [6.45, 7) is 14.0. The zero-order chi connectivity index (χ0) is 25.9. The van der Waals surface area contributed by atoms with Crippen molar-refractivity contribution in [2.24, 2.45) is 0 Å². The predicted octanol–water partition coefficient (Wildman–Crippen LogP) is 6.16. The number of anilines is 1. The number of rotatable bonds is 8. The van der Waals surface area contributed by atoms with Crippen LogP contribution in [0, 0.1) is 0 Å². The molecule has 2 aliphatic rings. The molecule has 6 rings (SSSR count). The molecule has 0 amide bonds. The molecule has 194 valence electrons. The Kier molecular flexibility index (Phi) is 6.92. The number of pyridine rings is 2. The van der Waals surface area contributed by atoms with Crippen molar-refractivity contribution >= 4 is 28.0 Å². The van der Waals surface area contributed by atoms with Gasteiger partial charge in [-0.1, -0.05) is 25.6 Å². The first kappa shape index (κ1) is 24.4. The van der Waals surface area contributed by atoms with Crippen molar-refractivity contribution in [3.8, 4) is 11.1 Å². The van der Waals surface area contributed by atoms with Crippen molar-refractivity contribution in [1.82, 2.24) is 30.0 Å². The number of nitrogens with one attached hydrogen (secondary N) is 2. The van der Waals surface area contributed by atoms with Crippen LogP contribution in [0.2, 0.25) is 0 Å². The monoisotopic (exact) mass is 505 g/mol. The van der Waals surface area contributed by atoms with Crippen molar-refractivity contribution in [1.29, 1.82) is 0 Å². The van der Waals surface area contributed by atoms with Crippen LogP contribution < -0.4 is 5.32 Å². The molecule has 2 saturated heterocycles. The van der Waals surface area contributed by atoms with Crippen LogP contribution in [0.4, 0.5) is 5.69 Å². The summed E-state index contributed by atoms with van der Waals surface area (Å²) in [7, 11) is 0. The molecule has 0 spiro atoms. The summed E-state index contributed by atoms with van der Waals surface area (Å²) in [4.78, 5) is 14.0. The molecule has 4 aromatic rings. The van der Waals surface area contributed by atoms with Crippen LogP contribution in [0.25, 0.3) is 33.4 Å². The molecule has 5 heterocycles. The number of H-pyrrole nitrogens is 1. The number of nitrogens with zero attached hydrogens (tertiary/aromatic N) is 5. The van der Waals surface area contributed by atoms with Crippen molar-refractivity contribution in [2.75, 3.05) is 31.5 Å². The average molecular weight is 506 g/mol. The number of benzene rings is 1. The summed E-state index contributed by atoms with van der Waals surface area (Å²) in [5, 5.41) is 12.1. The normalized spacial score (nSPS) is 16.2. The molecule has 0 unspecified atom stereocenters. The lowest BCUT2D eigenvalue weighted by Gasteiger charge is -2.26. The molecule has 2 fully saturated rings. The van der Waals surface area contributed by atoms with Crippen molar-refractivity contribution < 1.29 is 0 Å². The van der Waals surface area contributed by atoms with Gasteiger partial charge < -0.3 is 10.2 Å². The predicted molar refractivity (Wildman–Crippen MR) is 155 cm³/mol. The van der Waals surface area contributed by atoms with Crippen LogP contribution in [0.3, 0.4) is 0 Å². The zero-order valence-corrected chi connectivity index (χ0v) is 21.9. The summed E-state index contributed by atoms with van der Waals surface area (Å²) < 4.78 is 0. The topological polar surface area (TPSA) is 73.0 Å². The van der Waals surface area contributed by atoms with Crippen molar-refractivity contribution in [3.63, 3.8) is 0 Å². The first-order chi connectivity index (χ1) is 18.6. The highest BCUT2D eigenvalue weighted by atomic mass is 15.2. The fourth-order valence-electron chi connectivity index (χ4n) is 5.55. The Balaban J connectivity index is 1.18. The van der Waals surface area contributed by atoms with E-state index in [1.165, 1.54) is 50.8 Å². The van der Waals surface area contributed by atoms with Gasteiger partial charge in [0.2, 0.25) is 0 Å². The molecule has 0 atom stereocenters. The van der Waals surface area contributed by atoms with Gasteiger partial charge in [0.05, 0.1) is 34.5 Å². The Morgan fingerprint density at radius 1 is 0.868 bits per heavy atom. The lowest BCUT2D eigenvalue weighted by atomic mass is 10.0. The van der Waals surface area contributed by atoms with Gasteiger partial charge in [-0.2, -0.15) is 5.10 Å². The molecule has 2 aliphatic heterocycles. The molecule has 1 aromatic carbocycles. The van der Waals surface area contributed by atoms with Crippen LogP contribution in [0.1, 0.15) is 49.1 Å². The van der Waals surface area contributed by atoms with Crippen LogP contribution in [-0.2, 0) is 6.54 Å². The molecule has 0 radical (unpaired) electrons. The van der Waals surface area contributed by atoms with Crippen LogP contribution in [0.15, 0.2) is 68.1 Å². The number of fused-ring (bicyclic) bond motifs is 1. The third-order valence-corrected chi connectivity index (χ3v) is 7.67. The summed E-state index contributed by atoms with van der Waals surface area (Å²) in [5.74, 6) is 0. The van der Waals surface area contributed by atoms with Gasteiger partial charge in [0.25, 0.3) is 0 Å². The van der Waals surface area contributed by atoms with E-state index in [4.69, 9.17) is 0 Å². The fourth-order valence-corrected chi connectivity index (χ4v) is 5.55. The largest absolute Gasteiger partial charge is 0.370 e. The fraction of sp³-hybridized carbons (Fsp3) is 0.323. The minimum absolute atomic E-state index is 0.721. The first-order valence-corrected chi connectivity index (χ1v) is 13.7. The minimum Gasteiger partial charge on any atom is -0.370 e. The number of likely N-dealkylation sites (tertiary alicyclic amines) is 2. The summed E-state index contributed by atoms with van der Waals surface area (Å²) in [6, 6.07) is 12.7. The molecule has 7 heteroatoms. The lowest BCUT2D eigenvalue weighted by molar-refractivity contribution is 0.220. The number of hydrogen-bond acceptors (Lipinski definition) is 6. The maximum atomic E-state index is 4.64. The van der Waals surface area contributed by atoms with E-state index >= 15 is 0 Å². The standard InChI is InChI=1S/C31H35N7/c1-22(34-27-9-11-29(33-20-27)23(2)38-14-6-7-15-38)31-28-17-25(8-10-30(28)35-36-31)26-16-24(18-32-19-26)21-37-12-4-3-5-13-37/h8-11,16-20,34H,1-7,12-15,21H2,(H,35,36). The quantitative estimate of drug-likeness (QED) is 0.299. The smallest absolute Gasteiger partial charge is 0.116 e. The highest BCUT2D eigenvalue weighted by Crippen LogP contribution is 2.29. The van der Waals surface area contributed by atoms with E-state index in [1.54, 1.807) is 0 Å². The van der Waals surface area contributed by atoms with Gasteiger partial charge in [0, 0.05) is 43.0 Å². The lowest BCUT2D eigenvalue weighted by Crippen LogP contribution is -2.29. The average Bonchev–Trinajstić information content (AvgIpc) is 3.64. The van der Waals surface area contributed by atoms with E-state index in [0.29, 0.717) is 0 Å². The Hall–Kier alpha value is -3.97. The second-order valence-corrected chi connectivity index (χ2v) is 10.4. The van der Waals surface area contributed by atoms with Crippen molar-refractivity contribution in [3.05, 3.63) is 85.1 Å². The molecule has 7 nitrogen and oxygen atoms in total. The highest BCUT2D eigenvalue weighted by molar-refractivity contribution is 5.95. The van der Waals surface area contributed by atoms with Crippen LogP contribution in [-0.4, -0.2) is 56.1 Å². The van der Waals surface area contributed by atoms with E-state index in [1.807, 2.05) is 30.7 Å². The minimum atomic E-state index is 0.721. The molecule has 3 aromatic heterocycles. The van der Waals surface area contributed by atoms with Gasteiger partial charge in [0.15, 0.2) is 0 Å². The van der Waals surface area contributed by atoms with E-state index in [0.717, 1.165) is 70.1 Å². The van der Waals surface area contributed by atoms with E-state index < -0.39 is 0 Å². The summed E-state index contributed by atoms with van der Waals surface area (Å²) >= 11 is 0. The number of aromatic nitrogens is 4. The highest BCUT2D eigenvalue weighted by Gasteiger charge is 2.16. The molecular weight excluding hydrogens is 470 g/mol. The van der Waals surface area contributed by atoms with E-state index in [9.17, 15) is 0 Å². The maximum Gasteiger partial charge on any atom is 0.116 e. The Morgan fingerprint density at radius 3 is 2.47 bits per heavy atom. The third-order valence-electron chi connectivity index (χ3n) is 7.67. The van der Waals surface area contributed by atoms with Crippen molar-refractivity contribution in [2.45, 2.75) is 38.6 Å². The number of hydrogen-bond donors (Lipinski definition) is 2. The summed E-state index contributed by atoms with van der Waals surface area (Å²) in [6.07, 6.45) is 12.1. The molecular formula is C31H35N7. The first-order valence-electron chi connectivity index (χ1n) is 13.7. The van der Waals surface area contributed by atoms with Gasteiger partial charge in [0.1, 0.15) is 5.69 Å². The van der Waals surface area contributed by atoms with Gasteiger partial charge in [-0.15, -0.1) is 0 Å². The number of piperidine rings is 1. The van der Waals surface area contributed by atoms with E-state index in [-0.39, 0.29) is 0 Å². The molecule has 0 aliphatic carbocycles. The second kappa shape index (κ2) is 10.8. The molecule has 0 bridgehead atoms. The van der Waals surface area contributed by atoms with Gasteiger partial charge >= 0.3 is 0 Å². The van der Waals surface area contributed by atoms with Gasteiger partial charge in [-0.3, -0.25) is 20.0 Å². The van der Waals surface area contributed by atoms with Gasteiger partial charge in [-0.05, 0) is 80.2 Å². The maximum absolute atomic E-state index is 4.64. The zero-order valence-electron chi connectivity index (χ0n) is 21.9. The molecule has 38 heavy (non-hydrogen) atoms. The molecule has 0 saturated carbocycles. The van der Waals surface area contributed by atoms with Crippen LogP contribution in [0.5, 0.6) is 0 Å².